The van der Waals surface area contributed by atoms with Crippen molar-refractivity contribution in [3.8, 4) is 0 Å². The fourth-order valence-corrected chi connectivity index (χ4v) is 2.82. The molecule has 2 aliphatic rings. The van der Waals surface area contributed by atoms with Crippen LogP contribution in [0.3, 0.4) is 0 Å². The van der Waals surface area contributed by atoms with Crippen molar-refractivity contribution in [1.82, 2.24) is 4.90 Å². The first-order chi connectivity index (χ1) is 6.48. The molecule has 1 unspecified atom stereocenters. The summed E-state index contributed by atoms with van der Waals surface area (Å²) in [5.74, 6) is 0. The van der Waals surface area contributed by atoms with E-state index in [1.54, 1.807) is 0 Å². The molecule has 0 amide bonds. The van der Waals surface area contributed by atoms with E-state index in [2.05, 4.69) is 25.7 Å². The predicted molar refractivity (Wildman–Crippen MR) is 60.2 cm³/mol. The molecular weight excluding hydrogens is 172 g/mol. The lowest BCUT2D eigenvalue weighted by atomic mass is 9.87. The van der Waals surface area contributed by atoms with Crippen LogP contribution in [0.4, 0.5) is 0 Å². The Hall–Kier alpha value is -0.0800. The summed E-state index contributed by atoms with van der Waals surface area (Å²) in [6, 6.07) is 2.06. The van der Waals surface area contributed by atoms with E-state index in [9.17, 15) is 0 Å². The van der Waals surface area contributed by atoms with Gasteiger partial charge in [0.1, 0.15) is 0 Å². The standard InChI is InChI=1S/C12H24N2/c1-12(2,3)11(13)8-14-9-4-5-10(14)7-6-9/h9-11H,4-8,13H2,1-3H3. The minimum Gasteiger partial charge on any atom is -0.326 e. The van der Waals surface area contributed by atoms with Gasteiger partial charge >= 0.3 is 0 Å². The molecule has 0 aliphatic carbocycles. The van der Waals surface area contributed by atoms with E-state index in [0.29, 0.717) is 6.04 Å². The van der Waals surface area contributed by atoms with Crippen molar-refractivity contribution in [2.45, 2.75) is 64.6 Å². The minimum atomic E-state index is 0.252. The Kier molecular flexibility index (Phi) is 2.61. The third kappa shape index (κ3) is 1.82. The van der Waals surface area contributed by atoms with Crippen LogP contribution in [-0.2, 0) is 0 Å². The molecule has 2 heteroatoms. The number of hydrogen-bond acceptors (Lipinski definition) is 2. The molecule has 2 bridgehead atoms. The number of hydrogen-bond donors (Lipinski definition) is 1. The molecule has 0 saturated carbocycles. The van der Waals surface area contributed by atoms with Gasteiger partial charge in [-0.2, -0.15) is 0 Å². The zero-order chi connectivity index (χ0) is 10.3. The fraction of sp³-hybridized carbons (Fsp3) is 1.00. The van der Waals surface area contributed by atoms with Gasteiger partial charge in [-0.1, -0.05) is 20.8 Å². The van der Waals surface area contributed by atoms with Crippen LogP contribution in [0.5, 0.6) is 0 Å². The summed E-state index contributed by atoms with van der Waals surface area (Å²) in [4.78, 5) is 2.68. The molecular formula is C12H24N2. The summed E-state index contributed by atoms with van der Waals surface area (Å²) in [7, 11) is 0. The molecule has 82 valence electrons. The SMILES string of the molecule is CC(C)(C)C(N)CN1C2CCC1CC2. The number of rotatable bonds is 2. The Balaban J connectivity index is 1.92. The molecule has 14 heavy (non-hydrogen) atoms. The van der Waals surface area contributed by atoms with Crippen molar-refractivity contribution >= 4 is 0 Å². The lowest BCUT2D eigenvalue weighted by Gasteiger charge is -2.33. The van der Waals surface area contributed by atoms with Gasteiger partial charge in [-0.05, 0) is 31.1 Å². The Morgan fingerprint density at radius 2 is 1.57 bits per heavy atom. The Morgan fingerprint density at radius 3 is 1.93 bits per heavy atom. The average molecular weight is 196 g/mol. The van der Waals surface area contributed by atoms with Gasteiger partial charge in [0.2, 0.25) is 0 Å². The van der Waals surface area contributed by atoms with Crippen molar-refractivity contribution in [3.63, 3.8) is 0 Å². The first-order valence-electron chi connectivity index (χ1n) is 6.00. The molecule has 2 saturated heterocycles. The van der Waals surface area contributed by atoms with Crippen LogP contribution in [-0.4, -0.2) is 29.6 Å². The van der Waals surface area contributed by atoms with Crippen molar-refractivity contribution < 1.29 is 0 Å². The van der Waals surface area contributed by atoms with Crippen LogP contribution in [0.2, 0.25) is 0 Å². The quantitative estimate of drug-likeness (QED) is 0.732. The van der Waals surface area contributed by atoms with Gasteiger partial charge in [0.05, 0.1) is 0 Å². The first kappa shape index (κ1) is 10.4. The van der Waals surface area contributed by atoms with Crippen LogP contribution in [0, 0.1) is 5.41 Å². The topological polar surface area (TPSA) is 29.3 Å². The molecule has 1 atom stereocenters. The highest BCUT2D eigenvalue weighted by Gasteiger charge is 2.40. The van der Waals surface area contributed by atoms with E-state index in [1.165, 1.54) is 25.7 Å². The van der Waals surface area contributed by atoms with Crippen molar-refractivity contribution in [2.75, 3.05) is 6.54 Å². The second-order valence-electron chi connectivity index (χ2n) is 6.13. The zero-order valence-electron chi connectivity index (χ0n) is 9.79. The molecule has 2 rings (SSSR count). The number of fused-ring (bicyclic) bond motifs is 2. The largest absolute Gasteiger partial charge is 0.326 e. The van der Waals surface area contributed by atoms with Gasteiger partial charge in [0, 0.05) is 24.7 Å². The summed E-state index contributed by atoms with van der Waals surface area (Å²) in [6.07, 6.45) is 5.67. The molecule has 2 N–H and O–H groups in total. The fourth-order valence-electron chi connectivity index (χ4n) is 2.82. The maximum atomic E-state index is 6.24. The van der Waals surface area contributed by atoms with Crippen LogP contribution in [0.1, 0.15) is 46.5 Å². The molecule has 2 nitrogen and oxygen atoms in total. The lowest BCUT2D eigenvalue weighted by Crippen LogP contribution is -2.46. The Labute approximate surface area is 87.8 Å². The first-order valence-corrected chi connectivity index (χ1v) is 6.00. The second kappa shape index (κ2) is 3.49. The predicted octanol–water partition coefficient (Wildman–Crippen LogP) is 1.99. The normalized spacial score (nSPS) is 35.1. The van der Waals surface area contributed by atoms with E-state index in [4.69, 9.17) is 5.73 Å². The van der Waals surface area contributed by atoms with Gasteiger partial charge in [-0.25, -0.2) is 0 Å². The maximum Gasteiger partial charge on any atom is 0.0217 e. The Bertz CT molecular complexity index is 187. The van der Waals surface area contributed by atoms with Gasteiger partial charge in [-0.15, -0.1) is 0 Å². The molecule has 0 radical (unpaired) electrons. The minimum absolute atomic E-state index is 0.252. The highest BCUT2D eigenvalue weighted by Crippen LogP contribution is 2.38. The van der Waals surface area contributed by atoms with Gasteiger partial charge in [-0.3, -0.25) is 4.90 Å². The summed E-state index contributed by atoms with van der Waals surface area (Å²) in [6.45, 7) is 7.85. The van der Waals surface area contributed by atoms with Gasteiger partial charge < -0.3 is 5.73 Å². The summed E-state index contributed by atoms with van der Waals surface area (Å²) in [5.41, 5.74) is 6.49. The molecule has 2 heterocycles. The van der Waals surface area contributed by atoms with Gasteiger partial charge in [0.15, 0.2) is 0 Å². The van der Waals surface area contributed by atoms with Crippen LogP contribution in [0.15, 0.2) is 0 Å². The highest BCUT2D eigenvalue weighted by molar-refractivity contribution is 4.97. The van der Waals surface area contributed by atoms with Crippen molar-refractivity contribution in [2.24, 2.45) is 11.1 Å². The highest BCUT2D eigenvalue weighted by atomic mass is 15.2. The molecule has 0 aromatic carbocycles. The zero-order valence-corrected chi connectivity index (χ0v) is 9.79. The molecule has 0 aromatic rings. The molecule has 0 spiro atoms. The number of nitrogens with zero attached hydrogens (tertiary/aromatic N) is 1. The van der Waals surface area contributed by atoms with E-state index in [-0.39, 0.29) is 5.41 Å². The number of nitrogens with two attached hydrogens (primary N) is 1. The smallest absolute Gasteiger partial charge is 0.0217 e. The maximum absolute atomic E-state index is 6.24. The van der Waals surface area contributed by atoms with Gasteiger partial charge in [0.25, 0.3) is 0 Å². The van der Waals surface area contributed by atoms with Crippen LogP contribution >= 0.6 is 0 Å². The lowest BCUT2D eigenvalue weighted by molar-refractivity contribution is 0.184. The summed E-state index contributed by atoms with van der Waals surface area (Å²) >= 11 is 0. The van der Waals surface area contributed by atoms with E-state index in [1.807, 2.05) is 0 Å². The third-order valence-electron chi connectivity index (χ3n) is 4.12. The van der Waals surface area contributed by atoms with Crippen molar-refractivity contribution in [1.29, 1.82) is 0 Å². The average Bonchev–Trinajstić information content (AvgIpc) is 2.63. The monoisotopic (exact) mass is 196 g/mol. The second-order valence-corrected chi connectivity index (χ2v) is 6.13. The Morgan fingerprint density at radius 1 is 1.14 bits per heavy atom. The molecule has 2 aliphatic heterocycles. The van der Waals surface area contributed by atoms with Crippen molar-refractivity contribution in [3.05, 3.63) is 0 Å². The third-order valence-corrected chi connectivity index (χ3v) is 4.12. The molecule has 2 fully saturated rings. The van der Waals surface area contributed by atoms with E-state index < -0.39 is 0 Å². The summed E-state index contributed by atoms with van der Waals surface area (Å²) in [5, 5.41) is 0. The summed E-state index contributed by atoms with van der Waals surface area (Å²) < 4.78 is 0. The van der Waals surface area contributed by atoms with Crippen LogP contribution < -0.4 is 5.73 Å². The van der Waals surface area contributed by atoms with E-state index >= 15 is 0 Å². The van der Waals surface area contributed by atoms with E-state index in [0.717, 1.165) is 18.6 Å². The van der Waals surface area contributed by atoms with Crippen LogP contribution in [0.25, 0.3) is 0 Å². The molecule has 0 aromatic heterocycles.